The second kappa shape index (κ2) is 20.6. The predicted octanol–water partition coefficient (Wildman–Crippen LogP) is -12.1. The number of rotatable bonds is 9. The van der Waals surface area contributed by atoms with Gasteiger partial charge in [0.05, 0.1) is 17.4 Å². The van der Waals surface area contributed by atoms with Gasteiger partial charge in [0.15, 0.2) is 0 Å². The van der Waals surface area contributed by atoms with Crippen molar-refractivity contribution in [3.05, 3.63) is 57.5 Å². The van der Waals surface area contributed by atoms with Crippen LogP contribution in [0.25, 0.3) is 11.0 Å². The fourth-order valence-corrected chi connectivity index (χ4v) is 3.17. The Morgan fingerprint density at radius 3 is 2.08 bits per heavy atom. The summed E-state index contributed by atoms with van der Waals surface area (Å²) in [6, 6.07) is 5.03. The number of carboxylic acids is 2. The number of nitrogens with two attached hydrogens (primary N) is 1. The largest absolute Gasteiger partial charge is 1.00 e. The first kappa shape index (κ1) is 45.6. The van der Waals surface area contributed by atoms with Crippen molar-refractivity contribution in [3.8, 4) is 0 Å². The molecule has 0 spiro atoms. The average molecular weight is 561 g/mol. The van der Waals surface area contributed by atoms with Gasteiger partial charge in [-0.2, -0.15) is 4.98 Å². The molecule has 202 valence electrons. The van der Waals surface area contributed by atoms with Crippen LogP contribution < -0.4 is 85.9 Å². The van der Waals surface area contributed by atoms with Crippen molar-refractivity contribution in [1.29, 1.82) is 0 Å². The van der Waals surface area contributed by atoms with Gasteiger partial charge < -0.3 is 63.2 Å². The summed E-state index contributed by atoms with van der Waals surface area (Å²) in [5, 5.41) is 24.3. The van der Waals surface area contributed by atoms with E-state index in [-0.39, 0.29) is 110 Å². The van der Waals surface area contributed by atoms with Gasteiger partial charge in [0.1, 0.15) is 5.65 Å². The number of nitrogens with zero attached hydrogens (tertiary/aromatic N) is 1. The molecule has 38 heavy (non-hydrogen) atoms. The molecule has 0 bridgehead atoms. The number of nitrogen functional groups attached to an aromatic ring is 1. The van der Waals surface area contributed by atoms with Gasteiger partial charge in [-0.25, -0.2) is 0 Å². The van der Waals surface area contributed by atoms with Crippen molar-refractivity contribution in [3.63, 3.8) is 0 Å². The summed E-state index contributed by atoms with van der Waals surface area (Å²) in [4.78, 5) is 55.4. The number of H-pyrrole nitrogens is 2. The fourth-order valence-electron chi connectivity index (χ4n) is 3.17. The van der Waals surface area contributed by atoms with E-state index in [2.05, 4.69) is 20.3 Å². The van der Waals surface area contributed by atoms with E-state index < -0.39 is 30.3 Å². The molecule has 0 radical (unpaired) electrons. The van der Waals surface area contributed by atoms with E-state index in [1.807, 2.05) is 0 Å². The average Bonchev–Trinajstić information content (AvgIpc) is 3.12. The molecule has 3 rings (SSSR count). The molecule has 1 aromatic carbocycles. The third-order valence-corrected chi connectivity index (χ3v) is 4.77. The predicted molar refractivity (Wildman–Crippen MR) is 124 cm³/mol. The number of aromatic nitrogens is 3. The van der Waals surface area contributed by atoms with Gasteiger partial charge in [0, 0.05) is 17.7 Å². The molecule has 0 aliphatic heterocycles. The van der Waals surface area contributed by atoms with E-state index in [0.29, 0.717) is 23.9 Å². The number of benzene rings is 1. The number of carbonyl (C=O) groups excluding carboxylic acids is 3. The van der Waals surface area contributed by atoms with Crippen LogP contribution in [0.15, 0.2) is 35.3 Å². The maximum atomic E-state index is 12.2. The van der Waals surface area contributed by atoms with Gasteiger partial charge in [-0.05, 0) is 48.9 Å². The molecule has 2 heterocycles. The first-order valence-electron chi connectivity index (χ1n) is 9.41. The molecule has 0 unspecified atom stereocenters. The van der Waals surface area contributed by atoms with Gasteiger partial charge in [-0.15, -0.1) is 0 Å². The number of carbonyl (C=O) groups is 3. The van der Waals surface area contributed by atoms with Gasteiger partial charge >= 0.3 is 59.1 Å². The third kappa shape index (κ3) is 12.0. The van der Waals surface area contributed by atoms with E-state index in [1.165, 1.54) is 12.1 Å². The molecular formula is C20H29N5Na2O11. The van der Waals surface area contributed by atoms with Crippen LogP contribution in [-0.4, -0.2) is 66.2 Å². The normalized spacial score (nSPS) is 9.68. The Hall–Kier alpha value is -2.35. The molecule has 15 N–H and O–H groups in total. The minimum Gasteiger partial charge on any atom is -0.550 e. The zero-order valence-electron chi connectivity index (χ0n) is 20.8. The first-order valence-corrected chi connectivity index (χ1v) is 9.41. The van der Waals surface area contributed by atoms with Crippen LogP contribution in [0.2, 0.25) is 0 Å². The van der Waals surface area contributed by atoms with Crippen LogP contribution in [-0.2, 0) is 22.4 Å². The van der Waals surface area contributed by atoms with E-state index >= 15 is 0 Å². The fraction of sp³-hybridized carbons (Fsp3) is 0.250. The van der Waals surface area contributed by atoms with E-state index in [9.17, 15) is 29.4 Å². The molecule has 2 aromatic heterocycles. The summed E-state index contributed by atoms with van der Waals surface area (Å²) in [7, 11) is 0. The van der Waals surface area contributed by atoms with Crippen LogP contribution >= 0.6 is 0 Å². The topological polar surface area (TPSA) is 354 Å². The molecule has 1 atom stereocenters. The Balaban J connectivity index is -0.000000519. The van der Waals surface area contributed by atoms with Gasteiger partial charge in [-0.1, -0.05) is 12.1 Å². The number of aryl methyl sites for hydroxylation is 2. The van der Waals surface area contributed by atoms with Crippen LogP contribution in [0.3, 0.4) is 0 Å². The van der Waals surface area contributed by atoms with E-state index in [0.717, 1.165) is 11.1 Å². The van der Waals surface area contributed by atoms with Crippen molar-refractivity contribution in [2.45, 2.75) is 31.7 Å². The summed E-state index contributed by atoms with van der Waals surface area (Å²) >= 11 is 0. The second-order valence-electron chi connectivity index (χ2n) is 6.94. The Labute approximate surface area is 259 Å². The summed E-state index contributed by atoms with van der Waals surface area (Å²) in [5.74, 6) is -3.62. The van der Waals surface area contributed by atoms with Crippen molar-refractivity contribution >= 4 is 34.8 Å². The third-order valence-electron chi connectivity index (χ3n) is 4.77. The number of fused-ring (bicyclic) bond motifs is 1. The van der Waals surface area contributed by atoms with Gasteiger partial charge in [0.2, 0.25) is 5.95 Å². The van der Waals surface area contributed by atoms with Crippen molar-refractivity contribution in [2.24, 2.45) is 0 Å². The molecule has 16 nitrogen and oxygen atoms in total. The van der Waals surface area contributed by atoms with Crippen molar-refractivity contribution in [2.75, 3.05) is 5.73 Å². The number of amides is 1. The van der Waals surface area contributed by atoms with Crippen LogP contribution in [0.5, 0.6) is 0 Å². The Bertz CT molecular complexity index is 1200. The molecular weight excluding hydrogens is 532 g/mol. The molecule has 0 aliphatic carbocycles. The summed E-state index contributed by atoms with van der Waals surface area (Å²) in [6.07, 6.45) is 1.96. The minimum atomic E-state index is -1.57. The van der Waals surface area contributed by atoms with Crippen LogP contribution in [0.4, 0.5) is 5.95 Å². The maximum absolute atomic E-state index is 12.2. The molecule has 0 aliphatic rings. The summed E-state index contributed by atoms with van der Waals surface area (Å²) in [6.45, 7) is 0. The monoisotopic (exact) mass is 561 g/mol. The van der Waals surface area contributed by atoms with E-state index in [1.54, 1.807) is 18.3 Å². The SMILES string of the molecule is Nc1nc2[nH]cc(CCc3ccc(C(=O)N[C@H](CCC(=O)[O-])C(=O)[O-])cc3)c2c(=O)[nH]1.O.O.O.O.O.[Na+].[Na+]. The second-order valence-corrected chi connectivity index (χ2v) is 6.94. The zero-order valence-corrected chi connectivity index (χ0v) is 24.8. The number of hydrogen-bond donors (Lipinski definition) is 4. The standard InChI is InChI=1S/C20H21N5O6.2Na.5H2O/c21-20-24-16-15(18(29)25-20)12(9-22-16)6-3-10-1-4-11(5-2-10)17(28)23-13(19(30)31)7-8-14(26)27;;;;;;;/h1-2,4-5,9,13H,3,6-8H2,(H,23,28)(H,26,27)(H,30,31)(H4,21,22,24,25,29);;;5*1H2/q;2*+1;;;;;/p-2/t13-;;;;;;;/m1......./s1. The molecule has 0 fully saturated rings. The summed E-state index contributed by atoms with van der Waals surface area (Å²) in [5.41, 5.74) is 7.49. The molecule has 18 heteroatoms. The first-order chi connectivity index (χ1) is 14.7. The summed E-state index contributed by atoms with van der Waals surface area (Å²) < 4.78 is 0. The molecule has 1 amide bonds. The van der Waals surface area contributed by atoms with Crippen molar-refractivity contribution in [1.82, 2.24) is 20.3 Å². The van der Waals surface area contributed by atoms with Gasteiger partial charge in [0.25, 0.3) is 11.5 Å². The minimum absolute atomic E-state index is 0. The zero-order chi connectivity index (χ0) is 22.5. The number of hydrogen-bond acceptors (Lipinski definition) is 8. The molecule has 3 aromatic rings. The van der Waals surface area contributed by atoms with Crippen LogP contribution in [0.1, 0.15) is 34.3 Å². The molecule has 0 saturated heterocycles. The number of anilines is 1. The van der Waals surface area contributed by atoms with E-state index in [4.69, 9.17) is 5.73 Å². The van der Waals surface area contributed by atoms with Crippen LogP contribution in [0, 0.1) is 0 Å². The Kier molecular flexibility index (Phi) is 24.7. The number of aliphatic carboxylic acids is 2. The quantitative estimate of drug-likeness (QED) is 0.181. The Morgan fingerprint density at radius 2 is 1.55 bits per heavy atom. The maximum Gasteiger partial charge on any atom is 1.00 e. The van der Waals surface area contributed by atoms with Crippen molar-refractivity contribution < 1.29 is 111 Å². The number of aromatic amines is 2. The Morgan fingerprint density at radius 1 is 0.974 bits per heavy atom. The number of carboxylic acid groups (broad SMARTS) is 2. The smallest absolute Gasteiger partial charge is 0.550 e. The molecule has 0 saturated carbocycles. The number of nitrogens with one attached hydrogen (secondary N) is 3. The van der Waals surface area contributed by atoms with Gasteiger partial charge in [-0.3, -0.25) is 14.6 Å².